The third kappa shape index (κ3) is 5.51. The molecule has 1 aliphatic carbocycles. The van der Waals surface area contributed by atoms with Crippen LogP contribution in [0.1, 0.15) is 51.2 Å². The van der Waals surface area contributed by atoms with Crippen LogP contribution in [-0.4, -0.2) is 46.8 Å². The first-order chi connectivity index (χ1) is 15.5. The monoisotopic (exact) mass is 455 g/mol. The van der Waals surface area contributed by atoms with E-state index in [0.717, 1.165) is 25.5 Å². The maximum Gasteiger partial charge on any atom is 0.411 e. The molecule has 176 valence electrons. The summed E-state index contributed by atoms with van der Waals surface area (Å²) in [6.45, 7) is 5.32. The summed E-state index contributed by atoms with van der Waals surface area (Å²) in [5.74, 6) is -0.963. The Morgan fingerprint density at radius 2 is 2.15 bits per heavy atom. The molecular formula is C24H30FN5O3. The summed E-state index contributed by atoms with van der Waals surface area (Å²) in [5.41, 5.74) is 6.03. The molecule has 1 aromatic rings. The zero-order valence-corrected chi connectivity index (χ0v) is 19.1. The molecule has 1 aromatic carbocycles. The van der Waals surface area contributed by atoms with Crippen molar-refractivity contribution in [2.45, 2.75) is 70.2 Å². The number of ether oxygens (including phenoxy) is 1. The molecule has 2 amide bonds. The van der Waals surface area contributed by atoms with Crippen LogP contribution in [0.25, 0.3) is 5.70 Å². The Bertz CT molecular complexity index is 1010. The first-order valence-corrected chi connectivity index (χ1v) is 11.0. The van der Waals surface area contributed by atoms with E-state index in [9.17, 15) is 19.2 Å². The number of nitrogens with one attached hydrogen (secondary N) is 2. The molecule has 4 N–H and O–H groups in total. The molecule has 1 saturated heterocycles. The molecule has 1 aliphatic heterocycles. The van der Waals surface area contributed by atoms with Gasteiger partial charge in [0.15, 0.2) is 0 Å². The number of benzene rings is 1. The molecule has 1 heterocycles. The Kier molecular flexibility index (Phi) is 7.06. The normalized spacial score (nSPS) is 23.1. The van der Waals surface area contributed by atoms with Crippen LogP contribution in [0, 0.1) is 28.5 Å². The molecule has 1 unspecified atom stereocenters. The van der Waals surface area contributed by atoms with Crippen LogP contribution in [0.5, 0.6) is 0 Å². The Hall–Kier alpha value is -3.41. The lowest BCUT2D eigenvalue weighted by Crippen LogP contribution is -2.55. The first kappa shape index (κ1) is 24.2. The number of hydrogen-bond acceptors (Lipinski definition) is 6. The van der Waals surface area contributed by atoms with Gasteiger partial charge in [0.1, 0.15) is 23.5 Å². The minimum absolute atomic E-state index is 0.0153. The molecule has 2 aliphatic rings. The van der Waals surface area contributed by atoms with Crippen LogP contribution in [0.3, 0.4) is 0 Å². The van der Waals surface area contributed by atoms with Gasteiger partial charge in [-0.2, -0.15) is 5.26 Å². The number of hydrogen-bond donors (Lipinski definition) is 3. The van der Waals surface area contributed by atoms with Gasteiger partial charge in [-0.25, -0.2) is 9.18 Å². The number of piperidine rings is 1. The van der Waals surface area contributed by atoms with Crippen LogP contribution < -0.4 is 11.1 Å². The van der Waals surface area contributed by atoms with Crippen molar-refractivity contribution in [3.05, 3.63) is 41.2 Å². The van der Waals surface area contributed by atoms with Crippen LogP contribution in [0.2, 0.25) is 0 Å². The minimum atomic E-state index is -0.966. The Morgan fingerprint density at radius 3 is 2.76 bits per heavy atom. The number of fused-ring (bicyclic) bond motifs is 2. The summed E-state index contributed by atoms with van der Waals surface area (Å²) in [6, 6.07) is 4.65. The van der Waals surface area contributed by atoms with E-state index in [-0.39, 0.29) is 29.6 Å². The summed E-state index contributed by atoms with van der Waals surface area (Å²) >= 11 is 0. The molecule has 8 nitrogen and oxygen atoms in total. The lowest BCUT2D eigenvalue weighted by atomic mass is 9.97. The Morgan fingerprint density at radius 1 is 1.42 bits per heavy atom. The number of nitriles is 1. The molecule has 0 radical (unpaired) electrons. The van der Waals surface area contributed by atoms with Gasteiger partial charge < -0.3 is 21.2 Å². The maximum atomic E-state index is 14.6. The average Bonchev–Trinajstić information content (AvgIpc) is 3.35. The molecular weight excluding hydrogens is 425 g/mol. The molecule has 9 heteroatoms. The van der Waals surface area contributed by atoms with Gasteiger partial charge in [-0.1, -0.05) is 12.1 Å². The van der Waals surface area contributed by atoms with E-state index in [4.69, 9.17) is 15.9 Å². The predicted molar refractivity (Wildman–Crippen MR) is 122 cm³/mol. The molecule has 33 heavy (non-hydrogen) atoms. The highest BCUT2D eigenvalue weighted by Crippen LogP contribution is 2.43. The van der Waals surface area contributed by atoms with Gasteiger partial charge >= 0.3 is 6.09 Å². The number of allylic oxidation sites excluding steroid dienone is 1. The van der Waals surface area contributed by atoms with Gasteiger partial charge in [0.25, 0.3) is 0 Å². The topological polar surface area (TPSA) is 132 Å². The van der Waals surface area contributed by atoms with Gasteiger partial charge in [-0.3, -0.25) is 9.69 Å². The van der Waals surface area contributed by atoms with E-state index in [0.29, 0.717) is 5.56 Å². The molecule has 4 atom stereocenters. The number of carbonyl (C=O) groups is 2. The quantitative estimate of drug-likeness (QED) is 0.567. The second kappa shape index (κ2) is 9.61. The number of nitrogens with two attached hydrogens (primary N) is 1. The van der Waals surface area contributed by atoms with Crippen molar-refractivity contribution >= 4 is 23.9 Å². The zero-order chi connectivity index (χ0) is 24.3. The standard InChI is InChI=1S/C24H30FN5O3/c1-24(2,3)33-23(32)30-18-7-6-16(11-18)21(30)22(31)29-17(13-27)10-14-4-5-15(12-19(14)25)20(28)8-9-26/h4-5,8-9,12,16-18,21,26H,6-7,10-11,28H2,1-3H3,(H,29,31)/t16?,17-,18+,21-/m0/s1. The van der Waals surface area contributed by atoms with Crippen molar-refractivity contribution in [3.8, 4) is 6.07 Å². The predicted octanol–water partition coefficient (Wildman–Crippen LogP) is 3.11. The molecule has 0 aromatic heterocycles. The van der Waals surface area contributed by atoms with E-state index in [1.807, 2.05) is 6.07 Å². The van der Waals surface area contributed by atoms with Crippen LogP contribution >= 0.6 is 0 Å². The van der Waals surface area contributed by atoms with Gasteiger partial charge in [0, 0.05) is 29.9 Å². The van der Waals surface area contributed by atoms with Crippen LogP contribution in [0.15, 0.2) is 24.3 Å². The highest BCUT2D eigenvalue weighted by Gasteiger charge is 2.52. The van der Waals surface area contributed by atoms with Crippen molar-refractivity contribution in [1.82, 2.24) is 10.2 Å². The van der Waals surface area contributed by atoms with Crippen molar-refractivity contribution < 1.29 is 18.7 Å². The number of rotatable bonds is 6. The zero-order valence-electron chi connectivity index (χ0n) is 19.1. The first-order valence-electron chi connectivity index (χ1n) is 11.0. The fraction of sp³-hybridized carbons (Fsp3) is 0.500. The molecule has 1 saturated carbocycles. The number of amides is 2. The van der Waals surface area contributed by atoms with Gasteiger partial charge in [-0.05, 0) is 63.7 Å². The second-order valence-corrected chi connectivity index (χ2v) is 9.55. The summed E-state index contributed by atoms with van der Waals surface area (Å²) in [6.07, 6.45) is 4.19. The molecule has 2 fully saturated rings. The molecule has 3 rings (SSSR count). The number of nitrogens with zero attached hydrogens (tertiary/aromatic N) is 2. The van der Waals surface area contributed by atoms with E-state index in [2.05, 4.69) is 5.32 Å². The number of halogens is 1. The smallest absolute Gasteiger partial charge is 0.411 e. The Labute approximate surface area is 193 Å². The van der Waals surface area contributed by atoms with Crippen molar-refractivity contribution in [1.29, 1.82) is 10.7 Å². The van der Waals surface area contributed by atoms with Crippen molar-refractivity contribution in [2.24, 2.45) is 11.7 Å². The van der Waals surface area contributed by atoms with Gasteiger partial charge in [-0.15, -0.1) is 0 Å². The SMILES string of the molecule is CC(C)(C)OC(=O)N1[C@@H]2CCC(C2)[C@H]1C(=O)N[C@H](C#N)Cc1ccc(C(N)=CC=N)cc1F. The van der Waals surface area contributed by atoms with E-state index in [1.54, 1.807) is 26.8 Å². The third-order valence-electron chi connectivity index (χ3n) is 6.00. The van der Waals surface area contributed by atoms with Gasteiger partial charge in [0.2, 0.25) is 5.91 Å². The highest BCUT2D eigenvalue weighted by atomic mass is 19.1. The molecule has 0 spiro atoms. The lowest BCUT2D eigenvalue weighted by Gasteiger charge is -2.35. The van der Waals surface area contributed by atoms with E-state index >= 15 is 0 Å². The summed E-state index contributed by atoms with van der Waals surface area (Å²) < 4.78 is 20.1. The van der Waals surface area contributed by atoms with Gasteiger partial charge in [0.05, 0.1) is 6.07 Å². The van der Waals surface area contributed by atoms with Crippen LogP contribution in [0.4, 0.5) is 9.18 Å². The van der Waals surface area contributed by atoms with Crippen LogP contribution in [-0.2, 0) is 16.0 Å². The highest BCUT2D eigenvalue weighted by molar-refractivity contribution is 5.87. The van der Waals surface area contributed by atoms with E-state index < -0.39 is 35.5 Å². The Balaban J connectivity index is 1.72. The van der Waals surface area contributed by atoms with Crippen molar-refractivity contribution in [2.75, 3.05) is 0 Å². The number of carbonyl (C=O) groups excluding carboxylic acids is 2. The average molecular weight is 456 g/mol. The fourth-order valence-corrected chi connectivity index (χ4v) is 4.59. The summed E-state index contributed by atoms with van der Waals surface area (Å²) in [5, 5.41) is 19.4. The second-order valence-electron chi connectivity index (χ2n) is 9.55. The summed E-state index contributed by atoms with van der Waals surface area (Å²) in [4.78, 5) is 27.4. The maximum absolute atomic E-state index is 14.6. The minimum Gasteiger partial charge on any atom is -0.444 e. The lowest BCUT2D eigenvalue weighted by molar-refractivity contribution is -0.128. The summed E-state index contributed by atoms with van der Waals surface area (Å²) in [7, 11) is 0. The largest absolute Gasteiger partial charge is 0.444 e. The molecule has 2 bridgehead atoms. The number of likely N-dealkylation sites (tertiary alicyclic amines) is 1. The third-order valence-corrected chi connectivity index (χ3v) is 6.00. The van der Waals surface area contributed by atoms with E-state index in [1.165, 1.54) is 23.1 Å². The van der Waals surface area contributed by atoms with Crippen molar-refractivity contribution in [3.63, 3.8) is 0 Å². The fourth-order valence-electron chi connectivity index (χ4n) is 4.59.